The lowest BCUT2D eigenvalue weighted by atomic mass is 9.97. The van der Waals surface area contributed by atoms with E-state index in [9.17, 15) is 18.0 Å². The van der Waals surface area contributed by atoms with Gasteiger partial charge in [-0.25, -0.2) is 0 Å². The lowest BCUT2D eigenvalue weighted by Crippen LogP contribution is -2.44. The maximum atomic E-state index is 11.8. The number of carbonyl (C=O) groups excluding carboxylic acids is 1. The highest BCUT2D eigenvalue weighted by molar-refractivity contribution is 5.85. The van der Waals surface area contributed by atoms with Crippen molar-refractivity contribution in [3.8, 4) is 0 Å². The molecule has 1 amide bonds. The van der Waals surface area contributed by atoms with Gasteiger partial charge in [-0.3, -0.25) is 9.69 Å². The zero-order valence-corrected chi connectivity index (χ0v) is 10.8. The Balaban J connectivity index is 0.00000289. The van der Waals surface area contributed by atoms with E-state index in [1.165, 1.54) is 0 Å². The largest absolute Gasteiger partial charge is 0.405 e. The van der Waals surface area contributed by atoms with Gasteiger partial charge in [0.15, 0.2) is 0 Å². The monoisotopic (exact) mass is 289 g/mol. The number of piperidine rings is 1. The summed E-state index contributed by atoms with van der Waals surface area (Å²) in [6.07, 6.45) is -2.53. The number of rotatable bonds is 4. The number of nitrogens with two attached hydrogens (primary N) is 1. The zero-order valence-electron chi connectivity index (χ0n) is 10.0. The average molecular weight is 290 g/mol. The highest BCUT2D eigenvalue weighted by Gasteiger charge is 2.28. The lowest BCUT2D eigenvalue weighted by molar-refractivity contribution is -0.139. The second-order valence-electron chi connectivity index (χ2n) is 4.35. The lowest BCUT2D eigenvalue weighted by Gasteiger charge is -2.30. The maximum Gasteiger partial charge on any atom is 0.405 e. The molecule has 3 N–H and O–H groups in total. The average Bonchev–Trinajstić information content (AvgIpc) is 2.27. The number of hydrogen-bond donors (Lipinski definition) is 2. The predicted molar refractivity (Wildman–Crippen MR) is 64.5 cm³/mol. The standard InChI is InChI=1S/C10H18F3N3O.ClH/c11-10(12,13)7-15-9(17)6-16-3-1-8(5-14)2-4-16;/h8H,1-7,14H2,(H,15,17);1H. The van der Waals surface area contributed by atoms with E-state index in [0.29, 0.717) is 12.5 Å². The van der Waals surface area contributed by atoms with Crippen molar-refractivity contribution in [1.82, 2.24) is 10.2 Å². The number of amides is 1. The Bertz CT molecular complexity index is 255. The van der Waals surface area contributed by atoms with Crippen LogP contribution in [0.1, 0.15) is 12.8 Å². The van der Waals surface area contributed by atoms with Gasteiger partial charge in [0.1, 0.15) is 6.54 Å². The molecule has 0 bridgehead atoms. The molecular weight excluding hydrogens is 271 g/mol. The molecule has 8 heteroatoms. The van der Waals surface area contributed by atoms with Gasteiger partial charge in [0.05, 0.1) is 6.54 Å². The first-order valence-electron chi connectivity index (χ1n) is 5.66. The Morgan fingerprint density at radius 3 is 2.33 bits per heavy atom. The summed E-state index contributed by atoms with van der Waals surface area (Å²) in [5.41, 5.74) is 5.52. The van der Waals surface area contributed by atoms with Crippen LogP contribution >= 0.6 is 12.4 Å². The van der Waals surface area contributed by atoms with Crippen molar-refractivity contribution in [3.05, 3.63) is 0 Å². The van der Waals surface area contributed by atoms with Crippen LogP contribution in [0.4, 0.5) is 13.2 Å². The van der Waals surface area contributed by atoms with Crippen molar-refractivity contribution in [2.24, 2.45) is 11.7 Å². The smallest absolute Gasteiger partial charge is 0.346 e. The van der Waals surface area contributed by atoms with Gasteiger partial charge >= 0.3 is 6.18 Å². The van der Waals surface area contributed by atoms with Gasteiger partial charge in [-0.2, -0.15) is 13.2 Å². The first kappa shape index (κ1) is 17.5. The molecule has 0 aromatic carbocycles. The Morgan fingerprint density at radius 2 is 1.89 bits per heavy atom. The van der Waals surface area contributed by atoms with Gasteiger partial charge in [-0.05, 0) is 38.4 Å². The van der Waals surface area contributed by atoms with Crippen molar-refractivity contribution >= 4 is 18.3 Å². The molecular formula is C10H19ClF3N3O. The van der Waals surface area contributed by atoms with Crippen LogP contribution < -0.4 is 11.1 Å². The summed E-state index contributed by atoms with van der Waals surface area (Å²) in [6.45, 7) is 0.856. The van der Waals surface area contributed by atoms with E-state index in [1.54, 1.807) is 0 Å². The molecule has 1 heterocycles. The van der Waals surface area contributed by atoms with Crippen LogP contribution in [0, 0.1) is 5.92 Å². The second kappa shape index (κ2) is 7.81. The fourth-order valence-electron chi connectivity index (χ4n) is 1.84. The molecule has 0 aliphatic carbocycles. The zero-order chi connectivity index (χ0) is 12.9. The van der Waals surface area contributed by atoms with Gasteiger partial charge in [0.25, 0.3) is 0 Å². The van der Waals surface area contributed by atoms with E-state index in [0.717, 1.165) is 25.9 Å². The topological polar surface area (TPSA) is 58.4 Å². The molecule has 0 atom stereocenters. The van der Waals surface area contributed by atoms with E-state index >= 15 is 0 Å². The third-order valence-corrected chi connectivity index (χ3v) is 2.89. The molecule has 1 aliphatic rings. The molecule has 1 aliphatic heterocycles. The fourth-order valence-corrected chi connectivity index (χ4v) is 1.84. The summed E-state index contributed by atoms with van der Waals surface area (Å²) in [7, 11) is 0. The van der Waals surface area contributed by atoms with Crippen LogP contribution in [0.3, 0.4) is 0 Å². The van der Waals surface area contributed by atoms with Gasteiger partial charge in [0.2, 0.25) is 5.91 Å². The number of halogens is 4. The summed E-state index contributed by atoms with van der Waals surface area (Å²) >= 11 is 0. The van der Waals surface area contributed by atoms with Crippen LogP contribution in [0.25, 0.3) is 0 Å². The summed E-state index contributed by atoms with van der Waals surface area (Å²) in [4.78, 5) is 13.1. The van der Waals surface area contributed by atoms with Crippen LogP contribution in [-0.4, -0.2) is 49.7 Å². The first-order valence-corrected chi connectivity index (χ1v) is 5.66. The van der Waals surface area contributed by atoms with Crippen molar-refractivity contribution in [3.63, 3.8) is 0 Å². The molecule has 0 spiro atoms. The van der Waals surface area contributed by atoms with Gasteiger partial charge in [-0.1, -0.05) is 0 Å². The molecule has 18 heavy (non-hydrogen) atoms. The number of nitrogens with one attached hydrogen (secondary N) is 1. The molecule has 1 saturated heterocycles. The summed E-state index contributed by atoms with van der Waals surface area (Å²) in [6, 6.07) is 0. The number of hydrogen-bond acceptors (Lipinski definition) is 3. The van der Waals surface area contributed by atoms with Crippen LogP contribution in [-0.2, 0) is 4.79 Å². The molecule has 4 nitrogen and oxygen atoms in total. The highest BCUT2D eigenvalue weighted by atomic mass is 35.5. The van der Waals surface area contributed by atoms with E-state index in [1.807, 2.05) is 10.2 Å². The number of nitrogens with zero attached hydrogens (tertiary/aromatic N) is 1. The molecule has 0 aromatic heterocycles. The van der Waals surface area contributed by atoms with Gasteiger partial charge in [0, 0.05) is 0 Å². The molecule has 1 rings (SSSR count). The summed E-state index contributed by atoms with van der Waals surface area (Å²) < 4.78 is 35.5. The van der Waals surface area contributed by atoms with E-state index < -0.39 is 18.6 Å². The Hall–Kier alpha value is -0.530. The minimum atomic E-state index is -4.35. The third kappa shape index (κ3) is 7.03. The second-order valence-corrected chi connectivity index (χ2v) is 4.35. The van der Waals surface area contributed by atoms with Crippen LogP contribution in [0.2, 0.25) is 0 Å². The van der Waals surface area contributed by atoms with Crippen LogP contribution in [0.15, 0.2) is 0 Å². The molecule has 0 aromatic rings. The number of alkyl halides is 3. The number of carbonyl (C=O) groups is 1. The quantitative estimate of drug-likeness (QED) is 0.803. The SMILES string of the molecule is Cl.NCC1CCN(CC(=O)NCC(F)(F)F)CC1. The normalized spacial score (nSPS) is 18.2. The highest BCUT2D eigenvalue weighted by Crippen LogP contribution is 2.15. The van der Waals surface area contributed by atoms with Gasteiger partial charge < -0.3 is 11.1 Å². The van der Waals surface area contributed by atoms with E-state index in [4.69, 9.17) is 5.73 Å². The number of likely N-dealkylation sites (tertiary alicyclic amines) is 1. The fraction of sp³-hybridized carbons (Fsp3) is 0.900. The third-order valence-electron chi connectivity index (χ3n) is 2.89. The van der Waals surface area contributed by atoms with Crippen molar-refractivity contribution in [1.29, 1.82) is 0 Å². The predicted octanol–water partition coefficient (Wildman–Crippen LogP) is 0.757. The van der Waals surface area contributed by atoms with Crippen molar-refractivity contribution < 1.29 is 18.0 Å². The minimum Gasteiger partial charge on any atom is -0.346 e. The van der Waals surface area contributed by atoms with Crippen LogP contribution in [0.5, 0.6) is 0 Å². The van der Waals surface area contributed by atoms with E-state index in [-0.39, 0.29) is 19.0 Å². The van der Waals surface area contributed by atoms with Crippen molar-refractivity contribution in [2.45, 2.75) is 19.0 Å². The van der Waals surface area contributed by atoms with Gasteiger partial charge in [-0.15, -0.1) is 12.4 Å². The Morgan fingerprint density at radius 1 is 1.33 bits per heavy atom. The minimum absolute atomic E-state index is 0. The Labute approximate surface area is 110 Å². The van der Waals surface area contributed by atoms with E-state index in [2.05, 4.69) is 0 Å². The van der Waals surface area contributed by atoms with Crippen molar-refractivity contribution in [2.75, 3.05) is 32.7 Å². The molecule has 0 unspecified atom stereocenters. The molecule has 108 valence electrons. The summed E-state index contributed by atoms with van der Waals surface area (Å²) in [5, 5.41) is 1.86. The maximum absolute atomic E-state index is 11.8. The first-order chi connectivity index (χ1) is 7.90. The summed E-state index contributed by atoms with van der Waals surface area (Å²) in [5.74, 6) is -0.0991. The Kier molecular flexibility index (Phi) is 7.58. The molecule has 1 fully saturated rings. The molecule has 0 radical (unpaired) electrons. The molecule has 0 saturated carbocycles.